The molecule has 2 saturated carbocycles. The second kappa shape index (κ2) is 20.6. The van der Waals surface area contributed by atoms with Crippen LogP contribution >= 0.6 is 11.9 Å². The van der Waals surface area contributed by atoms with Crippen molar-refractivity contribution in [3.05, 3.63) is 94.7 Å². The van der Waals surface area contributed by atoms with Crippen molar-refractivity contribution in [2.75, 3.05) is 69.4 Å². The minimum Gasteiger partial charge on any atom is -0.472 e. The number of ether oxygens (including phenoxy) is 4. The molecule has 16 heteroatoms. The predicted molar refractivity (Wildman–Crippen MR) is 269 cm³/mol. The Morgan fingerprint density at radius 1 is 1.01 bits per heavy atom. The SMILES string of the molecule is CC(C)c1ccccc1[C@H]1CCC[C@H]1N1CC2(CCN(c3ccc(C(=O)NSc4cnc(NCC5CCC(C)(O)CC5)c(N=O)c4)c(Oc4cc5cc[nH]c5nc4OC[C@@H]4COCCO4)c3)CC2)C1. The van der Waals surface area contributed by atoms with Gasteiger partial charge in [0.1, 0.15) is 24.1 Å². The maximum absolute atomic E-state index is 14.2. The molecule has 0 bridgehead atoms. The highest BCUT2D eigenvalue weighted by molar-refractivity contribution is 7.98. The molecule has 4 N–H and O–H groups in total. The van der Waals surface area contributed by atoms with E-state index in [1.807, 2.05) is 43.5 Å². The molecule has 15 nitrogen and oxygen atoms in total. The molecular formula is C53H66N8O7S. The highest BCUT2D eigenvalue weighted by Crippen LogP contribution is 2.49. The molecule has 0 unspecified atom stereocenters. The molecule has 10 rings (SSSR count). The van der Waals surface area contributed by atoms with Crippen molar-refractivity contribution in [2.45, 2.75) is 113 Å². The van der Waals surface area contributed by atoms with Crippen LogP contribution in [0.25, 0.3) is 11.0 Å². The van der Waals surface area contributed by atoms with Crippen LogP contribution in [0.4, 0.5) is 17.2 Å². The van der Waals surface area contributed by atoms with Crippen molar-refractivity contribution in [2.24, 2.45) is 16.5 Å². The van der Waals surface area contributed by atoms with Crippen LogP contribution in [0.3, 0.4) is 0 Å². The number of aliphatic hydroxyl groups is 1. The quantitative estimate of drug-likeness (QED) is 0.0544. The molecule has 3 saturated heterocycles. The Morgan fingerprint density at radius 2 is 1.84 bits per heavy atom. The number of carbonyl (C=O) groups is 1. The Labute approximate surface area is 408 Å². The smallest absolute Gasteiger partial charge is 0.265 e. The van der Waals surface area contributed by atoms with Crippen LogP contribution in [0.2, 0.25) is 0 Å². The van der Waals surface area contributed by atoms with E-state index in [1.165, 1.54) is 24.8 Å². The number of aromatic amines is 1. The number of benzene rings is 2. The van der Waals surface area contributed by atoms with Crippen molar-refractivity contribution in [1.29, 1.82) is 0 Å². The summed E-state index contributed by atoms with van der Waals surface area (Å²) < 4.78 is 27.4. The number of H-pyrrole nitrogens is 1. The Hall–Kier alpha value is -5.26. The van der Waals surface area contributed by atoms with Gasteiger partial charge in [-0.3, -0.25) is 14.4 Å². The number of hydrogen-bond acceptors (Lipinski definition) is 14. The van der Waals surface area contributed by atoms with Crippen LogP contribution in [-0.2, 0) is 9.47 Å². The average molecular weight is 959 g/mol. The summed E-state index contributed by atoms with van der Waals surface area (Å²) in [5.41, 5.74) is 4.84. The summed E-state index contributed by atoms with van der Waals surface area (Å²) in [6, 6.07) is 20.9. The van der Waals surface area contributed by atoms with Crippen molar-refractivity contribution in [3.63, 3.8) is 0 Å². The van der Waals surface area contributed by atoms with Gasteiger partial charge in [0.15, 0.2) is 17.3 Å². The number of rotatable bonds is 16. The molecule has 366 valence electrons. The Balaban J connectivity index is 0.846. The summed E-state index contributed by atoms with van der Waals surface area (Å²) in [6.07, 6.45) is 12.4. The number of nitrogens with one attached hydrogen (secondary N) is 3. The van der Waals surface area contributed by atoms with Crippen LogP contribution in [0.1, 0.15) is 112 Å². The van der Waals surface area contributed by atoms with Crippen molar-refractivity contribution < 1.29 is 28.8 Å². The first-order valence-electron chi connectivity index (χ1n) is 25.0. The summed E-state index contributed by atoms with van der Waals surface area (Å²) in [5, 5.41) is 17.7. The second-order valence-corrected chi connectivity index (χ2v) is 21.5. The number of nitroso groups, excluding NO2 is 1. The monoisotopic (exact) mass is 958 g/mol. The zero-order valence-corrected chi connectivity index (χ0v) is 40.9. The van der Waals surface area contributed by atoms with Crippen molar-refractivity contribution >= 4 is 46.1 Å². The van der Waals surface area contributed by atoms with Gasteiger partial charge in [-0.15, -0.1) is 4.91 Å². The molecule has 5 fully saturated rings. The van der Waals surface area contributed by atoms with E-state index in [-0.39, 0.29) is 24.3 Å². The van der Waals surface area contributed by atoms with E-state index < -0.39 is 11.5 Å². The van der Waals surface area contributed by atoms with E-state index in [1.54, 1.807) is 17.8 Å². The molecule has 3 aromatic heterocycles. The number of piperidine rings is 1. The number of pyridine rings is 2. The van der Waals surface area contributed by atoms with Crippen molar-refractivity contribution in [1.82, 2.24) is 24.6 Å². The first-order chi connectivity index (χ1) is 33.5. The zero-order chi connectivity index (χ0) is 47.5. The highest BCUT2D eigenvalue weighted by atomic mass is 32.2. The minimum atomic E-state index is -0.620. The molecule has 3 aliphatic heterocycles. The van der Waals surface area contributed by atoms with Crippen LogP contribution < -0.4 is 24.4 Å². The van der Waals surface area contributed by atoms with Gasteiger partial charge in [0.25, 0.3) is 11.8 Å². The van der Waals surface area contributed by atoms with Crippen LogP contribution in [0, 0.1) is 16.2 Å². The van der Waals surface area contributed by atoms with Crippen LogP contribution in [0.5, 0.6) is 17.4 Å². The molecule has 5 aromatic rings. The zero-order valence-electron chi connectivity index (χ0n) is 40.1. The van der Waals surface area contributed by atoms with Gasteiger partial charge in [-0.1, -0.05) is 44.5 Å². The molecule has 2 aliphatic carbocycles. The molecule has 6 heterocycles. The van der Waals surface area contributed by atoms with Gasteiger partial charge in [0.2, 0.25) is 0 Å². The highest BCUT2D eigenvalue weighted by Gasteiger charge is 2.49. The Morgan fingerprint density at radius 3 is 2.62 bits per heavy atom. The molecule has 3 atom stereocenters. The molecule has 69 heavy (non-hydrogen) atoms. The van der Waals surface area contributed by atoms with E-state index >= 15 is 0 Å². The maximum Gasteiger partial charge on any atom is 0.265 e. The molecule has 1 spiro atoms. The molecule has 5 aliphatic rings. The molecule has 1 amide bonds. The lowest BCUT2D eigenvalue weighted by atomic mass is 9.70. The fourth-order valence-electron chi connectivity index (χ4n) is 11.3. The minimum absolute atomic E-state index is 0.156. The van der Waals surface area contributed by atoms with E-state index in [2.05, 4.69) is 73.1 Å². The number of carbonyl (C=O) groups excluding carboxylic acids is 1. The van der Waals surface area contributed by atoms with Crippen LogP contribution in [0.15, 0.2) is 83.1 Å². The van der Waals surface area contributed by atoms with Crippen molar-refractivity contribution in [3.8, 4) is 17.4 Å². The third-order valence-electron chi connectivity index (χ3n) is 15.4. The summed E-state index contributed by atoms with van der Waals surface area (Å²) in [5.74, 6) is 2.46. The lowest BCUT2D eigenvalue weighted by molar-refractivity contribution is -0.102. The number of aromatic nitrogens is 3. The normalized spacial score (nSPS) is 24.9. The molecule has 0 radical (unpaired) electrons. The number of anilines is 2. The first-order valence-corrected chi connectivity index (χ1v) is 25.8. The average Bonchev–Trinajstić information content (AvgIpc) is 4.04. The Kier molecular flexibility index (Phi) is 14.2. The second-order valence-electron chi connectivity index (χ2n) is 20.6. The summed E-state index contributed by atoms with van der Waals surface area (Å²) in [7, 11) is 0. The standard InChI is InChI=1S/C53H66N8O7S/c1-34(2)40-7-4-5-8-41(40)42-9-6-10-45(42)61-32-53(33-61)18-21-60(22-19-53)37-11-12-43(46(26-37)68-47-25-36-15-20-54-48(36)57-51(47)67-31-38-30-65-23-24-66-38)50(62)59-69-39-27-44(58-64)49(56-29-39)55-28-35-13-16-52(3,63)17-14-35/h4-5,7-8,11-12,15,20,25-27,29,34-35,38,42,45,63H,6,9-10,13-14,16-19,21-24,28,30-33H2,1-3H3,(H,54,57)(H,55,56)(H,59,62)/t35?,38-,42+,45+,52?/m0/s1. The third-order valence-corrected chi connectivity index (χ3v) is 16.1. The summed E-state index contributed by atoms with van der Waals surface area (Å²) in [6.45, 7) is 12.9. The van der Waals surface area contributed by atoms with Gasteiger partial charge in [0, 0.05) is 73.2 Å². The largest absolute Gasteiger partial charge is 0.472 e. The lowest BCUT2D eigenvalue weighted by Crippen LogP contribution is -2.63. The van der Waals surface area contributed by atoms with Crippen LogP contribution in [-0.4, -0.2) is 108 Å². The maximum atomic E-state index is 14.2. The van der Waals surface area contributed by atoms with Gasteiger partial charge in [-0.2, -0.15) is 4.98 Å². The molecular weight excluding hydrogens is 893 g/mol. The van der Waals surface area contributed by atoms with Gasteiger partial charge >= 0.3 is 0 Å². The van der Waals surface area contributed by atoms with E-state index in [0.717, 1.165) is 87.7 Å². The number of amides is 1. The lowest BCUT2D eigenvalue weighted by Gasteiger charge is -2.57. The van der Waals surface area contributed by atoms with E-state index in [0.29, 0.717) is 89.0 Å². The first kappa shape index (κ1) is 47.4. The fraction of sp³-hybridized carbons (Fsp3) is 0.528. The van der Waals surface area contributed by atoms with Gasteiger partial charge < -0.3 is 39.3 Å². The number of fused-ring (bicyclic) bond motifs is 1. The van der Waals surface area contributed by atoms with Gasteiger partial charge in [0.05, 0.1) is 31.0 Å². The summed E-state index contributed by atoms with van der Waals surface area (Å²) >= 11 is 1.05. The molecule has 2 aromatic carbocycles. The number of hydrogen-bond donors (Lipinski definition) is 4. The summed E-state index contributed by atoms with van der Waals surface area (Å²) in [4.78, 5) is 44.4. The third kappa shape index (κ3) is 10.7. The van der Waals surface area contributed by atoms with Gasteiger partial charge in [-0.25, -0.2) is 4.98 Å². The predicted octanol–water partition coefficient (Wildman–Crippen LogP) is 10.1. The Bertz CT molecular complexity index is 2590. The number of likely N-dealkylation sites (tertiary alicyclic amines) is 1. The number of nitrogens with zero attached hydrogens (tertiary/aromatic N) is 5. The van der Waals surface area contributed by atoms with E-state index in [4.69, 9.17) is 23.9 Å². The van der Waals surface area contributed by atoms with Gasteiger partial charge in [-0.05, 0) is 140 Å². The topological polar surface area (TPSA) is 176 Å². The van der Waals surface area contributed by atoms with E-state index in [9.17, 15) is 14.8 Å². The fourth-order valence-corrected chi connectivity index (χ4v) is 11.9.